The Hall–Kier alpha value is -1.60. The maximum absolute atomic E-state index is 6.15. The van der Waals surface area contributed by atoms with Crippen molar-refractivity contribution in [1.29, 1.82) is 0 Å². The first-order valence-electron chi connectivity index (χ1n) is 11.4. The Bertz CT molecular complexity index is 658. The fraction of sp³-hybridized carbons (Fsp3) is 0.818. The van der Waals surface area contributed by atoms with Crippen LogP contribution in [0.5, 0.6) is 0 Å². The van der Waals surface area contributed by atoms with Gasteiger partial charge in [0.15, 0.2) is 5.96 Å². The second-order valence-electron chi connectivity index (χ2n) is 8.11. The number of aliphatic imine (C=N–C) groups is 1. The normalized spacial score (nSPS) is 21.6. The predicted molar refractivity (Wildman–Crippen MR) is 116 cm³/mol. The molecule has 1 atom stereocenters. The lowest BCUT2D eigenvalue weighted by Crippen LogP contribution is -2.47. The molecule has 29 heavy (non-hydrogen) atoms. The molecular formula is C22H39N5O2. The van der Waals surface area contributed by atoms with E-state index in [0.29, 0.717) is 12.2 Å². The van der Waals surface area contributed by atoms with Crippen LogP contribution >= 0.6 is 0 Å². The molecule has 2 saturated heterocycles. The summed E-state index contributed by atoms with van der Waals surface area (Å²) < 4.78 is 14.0. The van der Waals surface area contributed by atoms with Crippen molar-refractivity contribution in [2.45, 2.75) is 77.5 Å². The van der Waals surface area contributed by atoms with Crippen LogP contribution in [0.15, 0.2) is 4.99 Å². The van der Waals surface area contributed by atoms with E-state index in [9.17, 15) is 0 Å². The first-order valence-corrected chi connectivity index (χ1v) is 11.4. The van der Waals surface area contributed by atoms with E-state index in [4.69, 9.17) is 9.47 Å². The molecule has 3 rings (SSSR count). The maximum Gasteiger partial charge on any atom is 0.193 e. The van der Waals surface area contributed by atoms with E-state index < -0.39 is 0 Å². The second kappa shape index (κ2) is 11.0. The van der Waals surface area contributed by atoms with Crippen LogP contribution < -0.4 is 5.32 Å². The average molecular weight is 406 g/mol. The van der Waals surface area contributed by atoms with Gasteiger partial charge in [-0.05, 0) is 44.9 Å². The Morgan fingerprint density at radius 2 is 2.00 bits per heavy atom. The van der Waals surface area contributed by atoms with Crippen LogP contribution in [0.3, 0.4) is 0 Å². The Balaban J connectivity index is 1.47. The molecule has 2 aliphatic heterocycles. The summed E-state index contributed by atoms with van der Waals surface area (Å²) in [5.74, 6) is 0.979. The number of guanidine groups is 1. The van der Waals surface area contributed by atoms with Crippen molar-refractivity contribution >= 4 is 5.96 Å². The Kier molecular flexibility index (Phi) is 8.36. The molecule has 3 heterocycles. The van der Waals surface area contributed by atoms with Gasteiger partial charge in [-0.2, -0.15) is 5.10 Å². The minimum Gasteiger partial charge on any atom is -0.376 e. The van der Waals surface area contributed by atoms with Gasteiger partial charge in [-0.25, -0.2) is 0 Å². The fourth-order valence-corrected chi connectivity index (χ4v) is 4.51. The quantitative estimate of drug-likeness (QED) is 0.558. The molecule has 0 bridgehead atoms. The summed E-state index contributed by atoms with van der Waals surface area (Å²) in [6, 6.07) is 0. The number of piperidine rings is 1. The number of likely N-dealkylation sites (tertiary alicyclic amines) is 1. The van der Waals surface area contributed by atoms with Crippen LogP contribution in [-0.2, 0) is 35.9 Å². The standard InChI is InChI=1S/C22H39N5O2/c1-5-20-19(21(6-2)26(4)25-20)15-24-22(23-3)27-12-10-17(11-13-27)29-16-18-9-7-8-14-28-18/h17-18H,5-16H2,1-4H3,(H,23,24). The zero-order chi connectivity index (χ0) is 20.6. The molecule has 1 unspecified atom stereocenters. The molecule has 7 heteroatoms. The average Bonchev–Trinajstić information content (AvgIpc) is 3.08. The molecule has 164 valence electrons. The number of nitrogens with zero attached hydrogens (tertiary/aromatic N) is 4. The smallest absolute Gasteiger partial charge is 0.193 e. The topological polar surface area (TPSA) is 63.9 Å². The number of hydrogen-bond donors (Lipinski definition) is 1. The van der Waals surface area contributed by atoms with Crippen LogP contribution in [0.25, 0.3) is 0 Å². The van der Waals surface area contributed by atoms with Crippen LogP contribution in [0.1, 0.15) is 62.9 Å². The lowest BCUT2D eigenvalue weighted by Gasteiger charge is -2.35. The molecule has 1 aromatic rings. The summed E-state index contributed by atoms with van der Waals surface area (Å²) in [6.07, 6.45) is 8.28. The van der Waals surface area contributed by atoms with E-state index in [1.807, 2.05) is 18.8 Å². The lowest BCUT2D eigenvalue weighted by molar-refractivity contribution is -0.0721. The van der Waals surface area contributed by atoms with Gasteiger partial charge < -0.3 is 19.7 Å². The Labute approximate surface area is 175 Å². The van der Waals surface area contributed by atoms with Gasteiger partial charge in [-0.3, -0.25) is 9.67 Å². The summed E-state index contributed by atoms with van der Waals surface area (Å²) in [5, 5.41) is 8.26. The van der Waals surface area contributed by atoms with E-state index in [2.05, 4.69) is 34.2 Å². The van der Waals surface area contributed by atoms with Gasteiger partial charge in [-0.15, -0.1) is 0 Å². The zero-order valence-electron chi connectivity index (χ0n) is 18.7. The summed E-state index contributed by atoms with van der Waals surface area (Å²) >= 11 is 0. The Morgan fingerprint density at radius 3 is 2.62 bits per heavy atom. The van der Waals surface area contributed by atoms with Gasteiger partial charge in [0.05, 0.1) is 24.5 Å². The van der Waals surface area contributed by atoms with Gasteiger partial charge in [0.1, 0.15) is 0 Å². The largest absolute Gasteiger partial charge is 0.376 e. The van der Waals surface area contributed by atoms with E-state index in [-0.39, 0.29) is 0 Å². The molecule has 1 N–H and O–H groups in total. The molecule has 0 aliphatic carbocycles. The molecular weight excluding hydrogens is 366 g/mol. The first kappa shape index (κ1) is 22.1. The van der Waals surface area contributed by atoms with Crippen LogP contribution in [0.4, 0.5) is 0 Å². The van der Waals surface area contributed by atoms with E-state index in [1.54, 1.807) is 0 Å². The lowest BCUT2D eigenvalue weighted by atomic mass is 10.1. The van der Waals surface area contributed by atoms with E-state index >= 15 is 0 Å². The van der Waals surface area contributed by atoms with Crippen molar-refractivity contribution in [3.8, 4) is 0 Å². The zero-order valence-corrected chi connectivity index (χ0v) is 18.7. The molecule has 2 fully saturated rings. The number of rotatable bonds is 7. The van der Waals surface area contributed by atoms with Crippen molar-refractivity contribution < 1.29 is 9.47 Å². The van der Waals surface area contributed by atoms with Crippen molar-refractivity contribution in [3.05, 3.63) is 17.0 Å². The number of hydrogen-bond acceptors (Lipinski definition) is 4. The minimum absolute atomic E-state index is 0.302. The third kappa shape index (κ3) is 5.72. The number of ether oxygens (including phenoxy) is 2. The molecule has 0 saturated carbocycles. The number of aryl methyl sites for hydroxylation is 2. The highest BCUT2D eigenvalue weighted by Crippen LogP contribution is 2.19. The second-order valence-corrected chi connectivity index (χ2v) is 8.11. The van der Waals surface area contributed by atoms with Gasteiger partial charge in [0.2, 0.25) is 0 Å². The van der Waals surface area contributed by atoms with Gasteiger partial charge >= 0.3 is 0 Å². The summed E-state index contributed by atoms with van der Waals surface area (Å²) in [6.45, 7) is 8.74. The molecule has 0 radical (unpaired) electrons. The third-order valence-electron chi connectivity index (χ3n) is 6.20. The van der Waals surface area contributed by atoms with Gasteiger partial charge in [0.25, 0.3) is 0 Å². The summed E-state index contributed by atoms with van der Waals surface area (Å²) in [7, 11) is 3.91. The van der Waals surface area contributed by atoms with Crippen molar-refractivity contribution in [1.82, 2.24) is 20.0 Å². The summed E-state index contributed by atoms with van der Waals surface area (Å²) in [5.41, 5.74) is 3.82. The highest BCUT2D eigenvalue weighted by molar-refractivity contribution is 5.80. The van der Waals surface area contributed by atoms with Crippen molar-refractivity contribution in [2.24, 2.45) is 12.0 Å². The monoisotopic (exact) mass is 405 g/mol. The first-order chi connectivity index (χ1) is 14.2. The minimum atomic E-state index is 0.302. The highest BCUT2D eigenvalue weighted by atomic mass is 16.5. The fourth-order valence-electron chi connectivity index (χ4n) is 4.51. The molecule has 0 spiro atoms. The Morgan fingerprint density at radius 1 is 1.21 bits per heavy atom. The summed E-state index contributed by atoms with van der Waals surface area (Å²) in [4.78, 5) is 6.88. The van der Waals surface area contributed by atoms with Gasteiger partial charge in [0, 0.05) is 51.6 Å². The van der Waals surface area contributed by atoms with E-state index in [0.717, 1.165) is 70.9 Å². The number of nitrogens with one attached hydrogen (secondary N) is 1. The molecule has 7 nitrogen and oxygen atoms in total. The number of aromatic nitrogens is 2. The molecule has 0 aromatic carbocycles. The highest BCUT2D eigenvalue weighted by Gasteiger charge is 2.24. The van der Waals surface area contributed by atoms with Crippen LogP contribution in [0.2, 0.25) is 0 Å². The van der Waals surface area contributed by atoms with Gasteiger partial charge in [-0.1, -0.05) is 13.8 Å². The van der Waals surface area contributed by atoms with Crippen LogP contribution in [0, 0.1) is 0 Å². The SMILES string of the molecule is CCc1nn(C)c(CC)c1CNC(=NC)N1CCC(OCC2CCCCO2)CC1. The third-order valence-corrected chi connectivity index (χ3v) is 6.20. The van der Waals surface area contributed by atoms with E-state index in [1.165, 1.54) is 29.8 Å². The van der Waals surface area contributed by atoms with Crippen LogP contribution in [-0.4, -0.2) is 66.2 Å². The molecule has 0 amide bonds. The molecule has 2 aliphatic rings. The molecule has 1 aromatic heterocycles. The predicted octanol–water partition coefficient (Wildman–Crippen LogP) is 2.67. The van der Waals surface area contributed by atoms with Crippen molar-refractivity contribution in [2.75, 3.05) is 33.4 Å². The van der Waals surface area contributed by atoms with Crippen molar-refractivity contribution in [3.63, 3.8) is 0 Å². The maximum atomic E-state index is 6.15.